The molecule has 2 N–H and O–H groups in total. The highest BCUT2D eigenvalue weighted by molar-refractivity contribution is 5.56. The van der Waals surface area contributed by atoms with Crippen LogP contribution in [0.25, 0.3) is 0 Å². The number of nitrogens with two attached hydrogens (primary N) is 1. The topological polar surface area (TPSA) is 55.0 Å². The van der Waals surface area contributed by atoms with E-state index in [4.69, 9.17) is 10.7 Å². The highest BCUT2D eigenvalue weighted by Gasteiger charge is 2.14. The molecule has 0 spiro atoms. The molecule has 0 bridgehead atoms. The van der Waals surface area contributed by atoms with E-state index in [1.807, 2.05) is 6.92 Å². The van der Waals surface area contributed by atoms with Crippen LogP contribution in [-0.2, 0) is 6.42 Å². The first kappa shape index (κ1) is 16.7. The molecule has 4 heteroatoms. The molecular weight excluding hydrogens is 248 g/mol. The lowest BCUT2D eigenvalue weighted by Gasteiger charge is -2.26. The quantitative estimate of drug-likeness (QED) is 0.748. The average Bonchev–Trinajstić information content (AvgIpc) is 2.43. The molecule has 0 fully saturated rings. The fraction of sp³-hybridized carbons (Fsp3) is 0.750. The van der Waals surface area contributed by atoms with Gasteiger partial charge in [0, 0.05) is 25.1 Å². The summed E-state index contributed by atoms with van der Waals surface area (Å²) in [7, 11) is 0. The summed E-state index contributed by atoms with van der Waals surface area (Å²) in [5.74, 6) is 2.56. The number of unbranched alkanes of at least 4 members (excludes halogenated alkanes) is 2. The van der Waals surface area contributed by atoms with Crippen LogP contribution in [0.5, 0.6) is 0 Å². The van der Waals surface area contributed by atoms with Crippen molar-refractivity contribution < 1.29 is 0 Å². The molecule has 20 heavy (non-hydrogen) atoms. The van der Waals surface area contributed by atoms with Gasteiger partial charge in [-0.05, 0) is 26.2 Å². The molecule has 0 aliphatic heterocycles. The molecule has 1 aromatic heterocycles. The normalized spacial score (nSPS) is 10.8. The maximum atomic E-state index is 6.07. The van der Waals surface area contributed by atoms with Crippen molar-refractivity contribution in [2.75, 3.05) is 23.7 Å². The molecule has 0 aliphatic rings. The molecule has 0 saturated heterocycles. The van der Waals surface area contributed by atoms with Gasteiger partial charge in [-0.3, -0.25) is 0 Å². The van der Waals surface area contributed by atoms with Crippen molar-refractivity contribution in [3.05, 3.63) is 11.4 Å². The maximum Gasteiger partial charge on any atom is 0.137 e. The van der Waals surface area contributed by atoms with Crippen molar-refractivity contribution >= 4 is 11.6 Å². The van der Waals surface area contributed by atoms with E-state index in [9.17, 15) is 0 Å². The van der Waals surface area contributed by atoms with Crippen LogP contribution >= 0.6 is 0 Å². The summed E-state index contributed by atoms with van der Waals surface area (Å²) in [4.78, 5) is 11.6. The molecule has 0 radical (unpaired) electrons. The highest BCUT2D eigenvalue weighted by atomic mass is 15.2. The van der Waals surface area contributed by atoms with Crippen molar-refractivity contribution in [1.82, 2.24) is 9.97 Å². The van der Waals surface area contributed by atoms with Crippen molar-refractivity contribution in [2.45, 2.75) is 66.2 Å². The summed E-state index contributed by atoms with van der Waals surface area (Å²) in [6.07, 6.45) is 6.72. The van der Waals surface area contributed by atoms with Gasteiger partial charge in [0.05, 0.1) is 0 Å². The molecule has 0 aliphatic carbocycles. The number of nitrogens with zero attached hydrogens (tertiary/aromatic N) is 3. The summed E-state index contributed by atoms with van der Waals surface area (Å²) in [5, 5.41) is 0. The van der Waals surface area contributed by atoms with E-state index in [-0.39, 0.29) is 0 Å². The number of aromatic nitrogens is 2. The van der Waals surface area contributed by atoms with Gasteiger partial charge in [-0.25, -0.2) is 9.97 Å². The number of nitrogen functional groups attached to an aromatic ring is 1. The fourth-order valence-electron chi connectivity index (χ4n) is 2.23. The lowest BCUT2D eigenvalue weighted by Crippen LogP contribution is -2.28. The standard InChI is InChI=1S/C16H30N4/c1-5-8-11-20(12-9-6-2)16-13(4)15(17)18-14(19-16)10-7-3/h5-12H2,1-4H3,(H2,17,18,19). The Hall–Kier alpha value is -1.32. The molecule has 114 valence electrons. The Morgan fingerprint density at radius 1 is 0.950 bits per heavy atom. The second kappa shape index (κ2) is 8.77. The molecule has 4 nitrogen and oxygen atoms in total. The summed E-state index contributed by atoms with van der Waals surface area (Å²) >= 11 is 0. The van der Waals surface area contributed by atoms with Crippen LogP contribution in [0.3, 0.4) is 0 Å². The molecule has 0 aromatic carbocycles. The third-order valence-electron chi connectivity index (χ3n) is 3.54. The van der Waals surface area contributed by atoms with Gasteiger partial charge in [-0.2, -0.15) is 0 Å². The number of aryl methyl sites for hydroxylation is 1. The van der Waals surface area contributed by atoms with Gasteiger partial charge in [-0.15, -0.1) is 0 Å². The van der Waals surface area contributed by atoms with Gasteiger partial charge in [0.1, 0.15) is 17.5 Å². The van der Waals surface area contributed by atoms with E-state index >= 15 is 0 Å². The van der Waals surface area contributed by atoms with Crippen LogP contribution < -0.4 is 10.6 Å². The Bertz CT molecular complexity index is 396. The molecule has 1 aromatic rings. The molecule has 1 rings (SSSR count). The van der Waals surface area contributed by atoms with Gasteiger partial charge >= 0.3 is 0 Å². The van der Waals surface area contributed by atoms with Gasteiger partial charge in [0.2, 0.25) is 0 Å². The second-order valence-electron chi connectivity index (χ2n) is 5.42. The fourth-order valence-corrected chi connectivity index (χ4v) is 2.23. The molecule has 0 amide bonds. The van der Waals surface area contributed by atoms with Crippen molar-refractivity contribution in [1.29, 1.82) is 0 Å². The smallest absolute Gasteiger partial charge is 0.137 e. The predicted octanol–water partition coefficient (Wildman–Crippen LogP) is 3.73. The Morgan fingerprint density at radius 3 is 2.05 bits per heavy atom. The van der Waals surface area contributed by atoms with Crippen LogP contribution in [0.15, 0.2) is 0 Å². The van der Waals surface area contributed by atoms with E-state index < -0.39 is 0 Å². The first-order chi connectivity index (χ1) is 9.63. The molecular formula is C16H30N4. The molecule has 0 saturated carbocycles. The summed E-state index contributed by atoms with van der Waals surface area (Å²) in [6, 6.07) is 0. The number of rotatable bonds is 9. The van der Waals surface area contributed by atoms with Gasteiger partial charge in [0.15, 0.2) is 0 Å². The van der Waals surface area contributed by atoms with Crippen LogP contribution in [0.1, 0.15) is 64.3 Å². The third kappa shape index (κ3) is 4.66. The minimum Gasteiger partial charge on any atom is -0.383 e. The lowest BCUT2D eigenvalue weighted by atomic mass is 10.2. The van der Waals surface area contributed by atoms with Crippen molar-refractivity contribution in [3.8, 4) is 0 Å². The Balaban J connectivity index is 3.02. The largest absolute Gasteiger partial charge is 0.383 e. The van der Waals surface area contributed by atoms with E-state index in [0.29, 0.717) is 5.82 Å². The molecule has 1 heterocycles. The van der Waals surface area contributed by atoms with Crippen molar-refractivity contribution in [3.63, 3.8) is 0 Å². The first-order valence-corrected chi connectivity index (χ1v) is 8.01. The average molecular weight is 278 g/mol. The monoisotopic (exact) mass is 278 g/mol. The minimum atomic E-state index is 0.636. The number of anilines is 2. The predicted molar refractivity (Wildman–Crippen MR) is 87.2 cm³/mol. The minimum absolute atomic E-state index is 0.636. The van der Waals surface area contributed by atoms with Gasteiger partial charge in [0.25, 0.3) is 0 Å². The number of hydrogen-bond acceptors (Lipinski definition) is 4. The van der Waals surface area contributed by atoms with Gasteiger partial charge in [-0.1, -0.05) is 33.6 Å². The summed E-state index contributed by atoms with van der Waals surface area (Å²) in [5.41, 5.74) is 7.09. The van der Waals surface area contributed by atoms with Crippen LogP contribution in [0, 0.1) is 6.92 Å². The second-order valence-corrected chi connectivity index (χ2v) is 5.42. The van der Waals surface area contributed by atoms with Crippen LogP contribution in [0.2, 0.25) is 0 Å². The van der Waals surface area contributed by atoms with Crippen molar-refractivity contribution in [2.24, 2.45) is 0 Å². The summed E-state index contributed by atoms with van der Waals surface area (Å²) < 4.78 is 0. The van der Waals surface area contributed by atoms with E-state index in [1.54, 1.807) is 0 Å². The Labute approximate surface area is 123 Å². The van der Waals surface area contributed by atoms with Crippen LogP contribution in [-0.4, -0.2) is 23.1 Å². The summed E-state index contributed by atoms with van der Waals surface area (Å²) in [6.45, 7) is 10.7. The van der Waals surface area contributed by atoms with E-state index in [0.717, 1.165) is 43.1 Å². The SMILES string of the molecule is CCCCN(CCCC)c1nc(CCC)nc(N)c1C. The first-order valence-electron chi connectivity index (χ1n) is 8.01. The third-order valence-corrected chi connectivity index (χ3v) is 3.54. The molecule has 0 unspecified atom stereocenters. The zero-order valence-corrected chi connectivity index (χ0v) is 13.6. The molecule has 0 atom stereocenters. The zero-order valence-electron chi connectivity index (χ0n) is 13.6. The maximum absolute atomic E-state index is 6.07. The Morgan fingerprint density at radius 2 is 1.55 bits per heavy atom. The Kier molecular flexibility index (Phi) is 7.34. The lowest BCUT2D eigenvalue weighted by molar-refractivity contribution is 0.665. The van der Waals surface area contributed by atoms with E-state index in [2.05, 4.69) is 30.7 Å². The van der Waals surface area contributed by atoms with Crippen LogP contribution in [0.4, 0.5) is 11.6 Å². The number of hydrogen-bond donors (Lipinski definition) is 1. The highest BCUT2D eigenvalue weighted by Crippen LogP contribution is 2.23. The zero-order chi connectivity index (χ0) is 15.0. The van der Waals surface area contributed by atoms with Gasteiger partial charge < -0.3 is 10.6 Å². The van der Waals surface area contributed by atoms with E-state index in [1.165, 1.54) is 25.7 Å².